The molecule has 2 fully saturated rings. The molecule has 138 valence electrons. The highest BCUT2D eigenvalue weighted by atomic mass is 79.9. The normalized spacial score (nSPS) is 19.8. The van der Waals surface area contributed by atoms with Crippen LogP contribution in [0.4, 0.5) is 5.69 Å². The van der Waals surface area contributed by atoms with Gasteiger partial charge in [0.2, 0.25) is 5.91 Å². The van der Waals surface area contributed by atoms with Gasteiger partial charge in [-0.1, -0.05) is 28.9 Å². The number of benzene rings is 1. The molecule has 0 aromatic heterocycles. The number of amides is 1. The molecule has 0 N–H and O–H groups in total. The smallest absolute Gasteiger partial charge is 0.222 e. The summed E-state index contributed by atoms with van der Waals surface area (Å²) in [5.74, 6) is 0.277. The zero-order valence-corrected chi connectivity index (χ0v) is 16.6. The fourth-order valence-electron chi connectivity index (χ4n) is 3.61. The standard InChI is InChI=1S/C19H28BrN3O2/c1-2-19(24)23-7-3-6-21(8-9-23)15-16-4-5-17(20)14-18(16)22-10-12-25-13-11-22/h4-5,14H,2-3,6-13,15H2,1H3. The van der Waals surface area contributed by atoms with Crippen LogP contribution in [0.3, 0.4) is 0 Å². The molecule has 1 aromatic carbocycles. The fourth-order valence-corrected chi connectivity index (χ4v) is 3.96. The Morgan fingerprint density at radius 1 is 1.12 bits per heavy atom. The summed E-state index contributed by atoms with van der Waals surface area (Å²) in [5, 5.41) is 0. The van der Waals surface area contributed by atoms with Crippen LogP contribution in [-0.4, -0.2) is 68.2 Å². The maximum atomic E-state index is 12.0. The SMILES string of the molecule is CCC(=O)N1CCCN(Cc2ccc(Br)cc2N2CCOCC2)CC1. The minimum atomic E-state index is 0.277. The molecule has 2 aliphatic heterocycles. The van der Waals surface area contributed by atoms with Gasteiger partial charge in [0.05, 0.1) is 13.2 Å². The van der Waals surface area contributed by atoms with Crippen molar-refractivity contribution in [1.29, 1.82) is 0 Å². The number of anilines is 1. The predicted octanol–water partition coefficient (Wildman–Crippen LogP) is 2.73. The van der Waals surface area contributed by atoms with E-state index in [9.17, 15) is 4.79 Å². The van der Waals surface area contributed by atoms with Crippen LogP contribution in [0, 0.1) is 0 Å². The number of rotatable bonds is 4. The highest BCUT2D eigenvalue weighted by Crippen LogP contribution is 2.27. The number of morpholine rings is 1. The highest BCUT2D eigenvalue weighted by Gasteiger charge is 2.20. The van der Waals surface area contributed by atoms with Crippen molar-refractivity contribution in [1.82, 2.24) is 9.80 Å². The van der Waals surface area contributed by atoms with Crippen LogP contribution >= 0.6 is 15.9 Å². The summed E-state index contributed by atoms with van der Waals surface area (Å²) in [4.78, 5) is 18.9. The van der Waals surface area contributed by atoms with Crippen LogP contribution in [-0.2, 0) is 16.1 Å². The van der Waals surface area contributed by atoms with Gasteiger partial charge in [0.1, 0.15) is 0 Å². The van der Waals surface area contributed by atoms with E-state index < -0.39 is 0 Å². The monoisotopic (exact) mass is 409 g/mol. The molecule has 0 aliphatic carbocycles. The highest BCUT2D eigenvalue weighted by molar-refractivity contribution is 9.10. The minimum Gasteiger partial charge on any atom is -0.378 e. The summed E-state index contributed by atoms with van der Waals surface area (Å²) in [6.45, 7) is 10.1. The average Bonchev–Trinajstić information content (AvgIpc) is 2.89. The van der Waals surface area contributed by atoms with Gasteiger partial charge in [-0.3, -0.25) is 9.69 Å². The van der Waals surface area contributed by atoms with Crippen molar-refractivity contribution in [2.24, 2.45) is 0 Å². The second-order valence-corrected chi connectivity index (χ2v) is 7.65. The first kappa shape index (κ1) is 18.7. The molecule has 1 aromatic rings. The summed E-state index contributed by atoms with van der Waals surface area (Å²) < 4.78 is 6.62. The number of hydrogen-bond donors (Lipinski definition) is 0. The van der Waals surface area contributed by atoms with Crippen molar-refractivity contribution >= 4 is 27.5 Å². The number of carbonyl (C=O) groups excluding carboxylic acids is 1. The molecular formula is C19H28BrN3O2. The predicted molar refractivity (Wildman–Crippen MR) is 104 cm³/mol. The molecule has 25 heavy (non-hydrogen) atoms. The fraction of sp³-hybridized carbons (Fsp3) is 0.632. The first-order valence-electron chi connectivity index (χ1n) is 9.28. The Morgan fingerprint density at radius 3 is 2.68 bits per heavy atom. The van der Waals surface area contributed by atoms with E-state index in [0.717, 1.165) is 69.9 Å². The van der Waals surface area contributed by atoms with Crippen LogP contribution in [0.15, 0.2) is 22.7 Å². The van der Waals surface area contributed by atoms with E-state index in [2.05, 4.69) is 43.9 Å². The first-order chi connectivity index (χ1) is 12.2. The number of halogens is 1. The molecule has 0 saturated carbocycles. The second kappa shape index (κ2) is 9.01. The third kappa shape index (κ3) is 4.96. The summed E-state index contributed by atoms with van der Waals surface area (Å²) >= 11 is 3.62. The summed E-state index contributed by atoms with van der Waals surface area (Å²) in [6, 6.07) is 6.59. The van der Waals surface area contributed by atoms with Gasteiger partial charge < -0.3 is 14.5 Å². The Morgan fingerprint density at radius 2 is 1.92 bits per heavy atom. The van der Waals surface area contributed by atoms with Gasteiger partial charge in [0.25, 0.3) is 0 Å². The minimum absolute atomic E-state index is 0.277. The van der Waals surface area contributed by atoms with Gasteiger partial charge in [0.15, 0.2) is 0 Å². The molecule has 6 heteroatoms. The third-order valence-corrected chi connectivity index (χ3v) is 5.53. The first-order valence-corrected chi connectivity index (χ1v) is 10.1. The molecule has 2 aliphatic rings. The Labute approximate surface area is 159 Å². The van der Waals surface area contributed by atoms with Crippen molar-refractivity contribution in [3.63, 3.8) is 0 Å². The largest absolute Gasteiger partial charge is 0.378 e. The van der Waals surface area contributed by atoms with E-state index in [1.807, 2.05) is 11.8 Å². The van der Waals surface area contributed by atoms with E-state index in [0.29, 0.717) is 6.42 Å². The van der Waals surface area contributed by atoms with E-state index in [-0.39, 0.29) is 5.91 Å². The van der Waals surface area contributed by atoms with Gasteiger partial charge in [-0.25, -0.2) is 0 Å². The molecule has 3 rings (SSSR count). The lowest BCUT2D eigenvalue weighted by molar-refractivity contribution is -0.130. The molecule has 0 atom stereocenters. The van der Waals surface area contributed by atoms with Crippen molar-refractivity contribution in [3.8, 4) is 0 Å². The second-order valence-electron chi connectivity index (χ2n) is 6.74. The zero-order chi connectivity index (χ0) is 17.6. The summed E-state index contributed by atoms with van der Waals surface area (Å²) in [7, 11) is 0. The van der Waals surface area contributed by atoms with Crippen LogP contribution in [0.25, 0.3) is 0 Å². The topological polar surface area (TPSA) is 36.0 Å². The maximum Gasteiger partial charge on any atom is 0.222 e. The van der Waals surface area contributed by atoms with Crippen molar-refractivity contribution in [2.45, 2.75) is 26.3 Å². The number of nitrogens with zero attached hydrogens (tertiary/aromatic N) is 3. The quantitative estimate of drug-likeness (QED) is 0.765. The molecule has 1 amide bonds. The van der Waals surface area contributed by atoms with E-state index in [1.165, 1.54) is 11.3 Å². The zero-order valence-electron chi connectivity index (χ0n) is 15.0. The van der Waals surface area contributed by atoms with Gasteiger partial charge >= 0.3 is 0 Å². The number of ether oxygens (including phenoxy) is 1. The van der Waals surface area contributed by atoms with Crippen LogP contribution in [0.1, 0.15) is 25.3 Å². The lowest BCUT2D eigenvalue weighted by Gasteiger charge is -2.32. The van der Waals surface area contributed by atoms with Crippen LogP contribution in [0.5, 0.6) is 0 Å². The summed E-state index contributed by atoms with van der Waals surface area (Å²) in [6.07, 6.45) is 1.66. The maximum absolute atomic E-state index is 12.0. The van der Waals surface area contributed by atoms with Crippen molar-refractivity contribution in [3.05, 3.63) is 28.2 Å². The van der Waals surface area contributed by atoms with E-state index >= 15 is 0 Å². The van der Waals surface area contributed by atoms with E-state index in [4.69, 9.17) is 4.74 Å². The molecule has 2 saturated heterocycles. The van der Waals surface area contributed by atoms with Gasteiger partial charge in [-0.15, -0.1) is 0 Å². The molecule has 5 nitrogen and oxygen atoms in total. The summed E-state index contributed by atoms with van der Waals surface area (Å²) in [5.41, 5.74) is 2.67. The Balaban J connectivity index is 1.69. The molecular weight excluding hydrogens is 382 g/mol. The van der Waals surface area contributed by atoms with Gasteiger partial charge in [0, 0.05) is 62.4 Å². The van der Waals surface area contributed by atoms with Crippen LogP contribution < -0.4 is 4.90 Å². The number of carbonyl (C=O) groups is 1. The number of hydrogen-bond acceptors (Lipinski definition) is 4. The van der Waals surface area contributed by atoms with Crippen molar-refractivity contribution in [2.75, 3.05) is 57.4 Å². The van der Waals surface area contributed by atoms with Gasteiger partial charge in [-0.05, 0) is 24.1 Å². The van der Waals surface area contributed by atoms with Crippen molar-refractivity contribution < 1.29 is 9.53 Å². The van der Waals surface area contributed by atoms with E-state index in [1.54, 1.807) is 0 Å². The van der Waals surface area contributed by atoms with Crippen LogP contribution in [0.2, 0.25) is 0 Å². The lowest BCUT2D eigenvalue weighted by atomic mass is 10.1. The Hall–Kier alpha value is -1.11. The Bertz CT molecular complexity index is 590. The lowest BCUT2D eigenvalue weighted by Crippen LogP contribution is -2.37. The Kier molecular flexibility index (Phi) is 6.73. The molecule has 0 radical (unpaired) electrons. The molecule has 0 unspecified atom stereocenters. The molecule has 2 heterocycles. The molecule has 0 spiro atoms. The third-order valence-electron chi connectivity index (χ3n) is 5.04. The molecule has 0 bridgehead atoms. The van der Waals surface area contributed by atoms with Gasteiger partial charge in [-0.2, -0.15) is 0 Å². The average molecular weight is 410 g/mol.